The quantitative estimate of drug-likeness (QED) is 0.685. The van der Waals surface area contributed by atoms with Gasteiger partial charge in [0.05, 0.1) is 0 Å². The smallest absolute Gasteiger partial charge is 0.289 e. The summed E-state index contributed by atoms with van der Waals surface area (Å²) in [6, 6.07) is 7.12. The van der Waals surface area contributed by atoms with Crippen molar-refractivity contribution in [1.82, 2.24) is 4.90 Å². The summed E-state index contributed by atoms with van der Waals surface area (Å²) in [5.74, 6) is -0.695. The number of benzene rings is 1. The molecule has 0 saturated carbocycles. The molecule has 1 aromatic carbocycles. The first-order chi connectivity index (χ1) is 11.3. The van der Waals surface area contributed by atoms with E-state index in [1.54, 1.807) is 45.2 Å². The number of carbonyl (C=O) groups is 1. The zero-order chi connectivity index (χ0) is 18.1. The van der Waals surface area contributed by atoms with Crippen LogP contribution in [0.5, 0.6) is 0 Å². The lowest BCUT2D eigenvalue weighted by Crippen LogP contribution is -2.55. The van der Waals surface area contributed by atoms with Gasteiger partial charge < -0.3 is 10.4 Å². The second-order valence-electron chi connectivity index (χ2n) is 5.51. The summed E-state index contributed by atoms with van der Waals surface area (Å²) in [6.45, 7) is 3.42. The number of carbonyl (C=O) groups excluding carboxylic acids is 1. The molecule has 24 heavy (non-hydrogen) atoms. The van der Waals surface area contributed by atoms with Gasteiger partial charge in [-0.15, -0.1) is 0 Å². The van der Waals surface area contributed by atoms with Crippen LogP contribution in [0, 0.1) is 0 Å². The summed E-state index contributed by atoms with van der Waals surface area (Å²) < 4.78 is 32.7. The first-order valence-electron chi connectivity index (χ1n) is 7.71. The topological polar surface area (TPSA) is 107 Å². The highest BCUT2D eigenvalue weighted by atomic mass is 32.2. The van der Waals surface area contributed by atoms with Crippen LogP contribution >= 0.6 is 0 Å². The SMILES string of the molecule is CCC1=C(c2ccc(NC)cc2)C(O)N(CC)C(S(=O)(=O)O)C1=O. The van der Waals surface area contributed by atoms with Crippen molar-refractivity contribution < 1.29 is 22.9 Å². The van der Waals surface area contributed by atoms with E-state index >= 15 is 0 Å². The van der Waals surface area contributed by atoms with Crippen LogP contribution < -0.4 is 5.32 Å². The van der Waals surface area contributed by atoms with Gasteiger partial charge in [0.15, 0.2) is 5.78 Å². The molecule has 2 rings (SSSR count). The lowest BCUT2D eigenvalue weighted by molar-refractivity contribution is -0.121. The molecule has 0 amide bonds. The standard InChI is InChI=1S/C16H22N2O5S/c1-4-12-13(10-6-8-11(17-3)9-7-10)15(20)18(5-2)16(14(12)19)24(21,22)23/h6-9,15-17,20H,4-5H2,1-3H3,(H,21,22,23). The summed E-state index contributed by atoms with van der Waals surface area (Å²) in [5, 5.41) is 11.9. The van der Waals surface area contributed by atoms with Gasteiger partial charge in [-0.2, -0.15) is 8.42 Å². The number of nitrogens with zero attached hydrogens (tertiary/aromatic N) is 1. The number of aliphatic hydroxyl groups excluding tert-OH is 1. The Morgan fingerprint density at radius 1 is 1.21 bits per heavy atom. The number of ketones is 1. The molecular formula is C16H22N2O5S. The van der Waals surface area contributed by atoms with Crippen molar-refractivity contribution in [2.45, 2.75) is 31.9 Å². The molecule has 0 aromatic heterocycles. The third-order valence-corrected chi connectivity index (χ3v) is 5.25. The first-order valence-corrected chi connectivity index (χ1v) is 9.22. The van der Waals surface area contributed by atoms with Crippen LogP contribution in [0.25, 0.3) is 5.57 Å². The molecule has 0 radical (unpaired) electrons. The van der Waals surface area contributed by atoms with E-state index in [0.717, 1.165) is 10.6 Å². The van der Waals surface area contributed by atoms with Gasteiger partial charge in [-0.25, -0.2) is 4.90 Å². The Balaban J connectivity index is 2.64. The third-order valence-electron chi connectivity index (χ3n) is 4.21. The van der Waals surface area contributed by atoms with E-state index in [4.69, 9.17) is 0 Å². The third kappa shape index (κ3) is 3.23. The monoisotopic (exact) mass is 354 g/mol. The number of anilines is 1. The van der Waals surface area contributed by atoms with Gasteiger partial charge in [0.2, 0.25) is 5.37 Å². The Kier molecular flexibility index (Phi) is 5.44. The number of aliphatic hydroxyl groups is 1. The van der Waals surface area contributed by atoms with Crippen molar-refractivity contribution in [2.24, 2.45) is 0 Å². The summed E-state index contributed by atoms with van der Waals surface area (Å²) in [4.78, 5) is 13.7. The van der Waals surface area contributed by atoms with Crippen molar-refractivity contribution in [3.8, 4) is 0 Å². The fourth-order valence-corrected chi connectivity index (χ4v) is 4.05. The zero-order valence-electron chi connectivity index (χ0n) is 13.9. The van der Waals surface area contributed by atoms with Crippen LogP contribution in [-0.4, -0.2) is 54.0 Å². The molecule has 0 aliphatic carbocycles. The number of hydrogen-bond donors (Lipinski definition) is 3. The molecule has 0 fully saturated rings. The van der Waals surface area contributed by atoms with E-state index in [-0.39, 0.29) is 18.5 Å². The van der Waals surface area contributed by atoms with E-state index in [0.29, 0.717) is 11.1 Å². The van der Waals surface area contributed by atoms with Gasteiger partial charge in [-0.3, -0.25) is 9.35 Å². The molecule has 2 unspecified atom stereocenters. The van der Waals surface area contributed by atoms with Gasteiger partial charge in [0.1, 0.15) is 6.23 Å². The number of likely N-dealkylation sites (N-methyl/N-ethyl adjacent to an activating group) is 1. The summed E-state index contributed by atoms with van der Waals surface area (Å²) in [6.07, 6.45) is -1.04. The molecule has 2 atom stereocenters. The van der Waals surface area contributed by atoms with Gasteiger partial charge in [-0.05, 0) is 30.7 Å². The highest BCUT2D eigenvalue weighted by molar-refractivity contribution is 7.87. The fraction of sp³-hybridized carbons (Fsp3) is 0.438. The van der Waals surface area contributed by atoms with Crippen molar-refractivity contribution in [3.05, 3.63) is 35.4 Å². The van der Waals surface area contributed by atoms with Gasteiger partial charge in [0.25, 0.3) is 10.1 Å². The lowest BCUT2D eigenvalue weighted by Gasteiger charge is -2.38. The maximum Gasteiger partial charge on any atom is 0.289 e. The highest BCUT2D eigenvalue weighted by Crippen LogP contribution is 2.35. The minimum atomic E-state index is -4.66. The molecule has 8 heteroatoms. The molecule has 7 nitrogen and oxygen atoms in total. The Hall–Kier alpha value is -1.74. The number of hydrogen-bond acceptors (Lipinski definition) is 6. The fourth-order valence-electron chi connectivity index (χ4n) is 3.03. The largest absolute Gasteiger partial charge is 0.388 e. The van der Waals surface area contributed by atoms with Crippen LogP contribution in [0.15, 0.2) is 29.8 Å². The second-order valence-corrected chi connectivity index (χ2v) is 6.99. The number of Topliss-reactive ketones (excluding diaryl/α,β-unsaturated/α-hetero) is 1. The molecule has 0 saturated heterocycles. The second kappa shape index (κ2) is 7.02. The Bertz CT molecular complexity index is 755. The minimum Gasteiger partial charge on any atom is -0.388 e. The molecule has 132 valence electrons. The van der Waals surface area contributed by atoms with E-state index in [1.807, 2.05) is 0 Å². The molecular weight excluding hydrogens is 332 g/mol. The van der Waals surface area contributed by atoms with Crippen molar-refractivity contribution in [1.29, 1.82) is 0 Å². The normalized spacial score (nSPS) is 22.8. The molecule has 1 aliphatic heterocycles. The van der Waals surface area contributed by atoms with E-state index in [1.165, 1.54) is 0 Å². The van der Waals surface area contributed by atoms with Crippen molar-refractivity contribution >= 4 is 27.2 Å². The van der Waals surface area contributed by atoms with Crippen molar-refractivity contribution in [3.63, 3.8) is 0 Å². The average molecular weight is 354 g/mol. The molecule has 1 heterocycles. The Morgan fingerprint density at radius 3 is 2.21 bits per heavy atom. The van der Waals surface area contributed by atoms with Gasteiger partial charge in [-0.1, -0.05) is 26.0 Å². The maximum atomic E-state index is 12.7. The van der Waals surface area contributed by atoms with Crippen LogP contribution in [0.3, 0.4) is 0 Å². The van der Waals surface area contributed by atoms with Crippen LogP contribution in [0.4, 0.5) is 5.69 Å². The van der Waals surface area contributed by atoms with Crippen LogP contribution in [0.1, 0.15) is 25.8 Å². The summed E-state index contributed by atoms with van der Waals surface area (Å²) >= 11 is 0. The number of rotatable bonds is 5. The van der Waals surface area contributed by atoms with Gasteiger partial charge in [0, 0.05) is 23.9 Å². The average Bonchev–Trinajstić information content (AvgIpc) is 2.54. The predicted octanol–water partition coefficient (Wildman–Crippen LogP) is 1.33. The van der Waals surface area contributed by atoms with Crippen LogP contribution in [-0.2, 0) is 14.9 Å². The predicted molar refractivity (Wildman–Crippen MR) is 91.9 cm³/mol. The van der Waals surface area contributed by atoms with E-state index in [2.05, 4.69) is 5.32 Å². The molecule has 3 N–H and O–H groups in total. The molecule has 1 aromatic rings. The highest BCUT2D eigenvalue weighted by Gasteiger charge is 2.46. The maximum absolute atomic E-state index is 12.7. The lowest BCUT2D eigenvalue weighted by atomic mass is 9.90. The van der Waals surface area contributed by atoms with E-state index in [9.17, 15) is 22.9 Å². The first kappa shape index (κ1) is 18.6. The minimum absolute atomic E-state index is 0.0897. The molecule has 0 bridgehead atoms. The Labute approximate surface area is 141 Å². The summed E-state index contributed by atoms with van der Waals surface area (Å²) in [5.41, 5.74) is 2.11. The van der Waals surface area contributed by atoms with Crippen LogP contribution in [0.2, 0.25) is 0 Å². The van der Waals surface area contributed by atoms with Gasteiger partial charge >= 0.3 is 0 Å². The summed E-state index contributed by atoms with van der Waals surface area (Å²) in [7, 11) is -2.88. The van der Waals surface area contributed by atoms with Crippen molar-refractivity contribution in [2.75, 3.05) is 18.9 Å². The number of nitrogens with one attached hydrogen (secondary N) is 1. The zero-order valence-corrected chi connectivity index (χ0v) is 14.7. The Morgan fingerprint density at radius 2 is 1.79 bits per heavy atom. The molecule has 1 aliphatic rings. The molecule has 0 spiro atoms. The van der Waals surface area contributed by atoms with E-state index < -0.39 is 27.5 Å².